The summed E-state index contributed by atoms with van der Waals surface area (Å²) in [5, 5.41) is 9.70. The lowest BCUT2D eigenvalue weighted by molar-refractivity contribution is 1.03. The van der Waals surface area contributed by atoms with Gasteiger partial charge in [-0.3, -0.25) is 5.10 Å². The fourth-order valence-corrected chi connectivity index (χ4v) is 1.09. The normalized spacial score (nSPS) is 10.1. The summed E-state index contributed by atoms with van der Waals surface area (Å²) in [4.78, 5) is 8.31. The summed E-state index contributed by atoms with van der Waals surface area (Å²) in [5.41, 5.74) is 2.03. The van der Waals surface area contributed by atoms with Crippen LogP contribution in [0, 0.1) is 6.92 Å². The summed E-state index contributed by atoms with van der Waals surface area (Å²) in [6.45, 7) is 2.62. The molecule has 0 spiro atoms. The van der Waals surface area contributed by atoms with Crippen molar-refractivity contribution in [2.24, 2.45) is 0 Å². The summed E-state index contributed by atoms with van der Waals surface area (Å²) in [5.74, 6) is 0.645. The van der Waals surface area contributed by atoms with Gasteiger partial charge in [-0.05, 0) is 13.0 Å². The molecule has 5 heteroatoms. The third-order valence-corrected chi connectivity index (χ3v) is 1.80. The van der Waals surface area contributed by atoms with Crippen molar-refractivity contribution >= 4 is 5.95 Å². The molecule has 0 fully saturated rings. The average molecular weight is 189 g/mol. The number of anilines is 1. The predicted octanol–water partition coefficient (Wildman–Crippen LogP) is 1.12. The molecule has 0 aliphatic rings. The molecule has 5 nitrogen and oxygen atoms in total. The van der Waals surface area contributed by atoms with Gasteiger partial charge in [0, 0.05) is 30.2 Å². The number of aryl methyl sites for hydroxylation is 1. The largest absolute Gasteiger partial charge is 0.350 e. The maximum atomic E-state index is 4.22. The van der Waals surface area contributed by atoms with Crippen LogP contribution in [0.15, 0.2) is 24.7 Å². The first-order valence-electron chi connectivity index (χ1n) is 4.36. The van der Waals surface area contributed by atoms with Gasteiger partial charge < -0.3 is 5.32 Å². The molecule has 2 rings (SSSR count). The van der Waals surface area contributed by atoms with Gasteiger partial charge in [0.05, 0.1) is 6.20 Å². The summed E-state index contributed by atoms with van der Waals surface area (Å²) < 4.78 is 0. The van der Waals surface area contributed by atoms with Gasteiger partial charge in [-0.15, -0.1) is 0 Å². The molecule has 2 aromatic heterocycles. The Morgan fingerprint density at radius 3 is 3.14 bits per heavy atom. The van der Waals surface area contributed by atoms with Gasteiger partial charge >= 0.3 is 0 Å². The minimum atomic E-state index is 0.645. The highest BCUT2D eigenvalue weighted by Crippen LogP contribution is 2.01. The molecule has 0 aliphatic heterocycles. The van der Waals surface area contributed by atoms with Gasteiger partial charge in [0.15, 0.2) is 0 Å². The van der Waals surface area contributed by atoms with Crippen LogP contribution in [0.3, 0.4) is 0 Å². The number of aromatic nitrogens is 4. The molecule has 0 radical (unpaired) electrons. The van der Waals surface area contributed by atoms with Crippen LogP contribution in [0.1, 0.15) is 11.3 Å². The number of hydrogen-bond donors (Lipinski definition) is 2. The van der Waals surface area contributed by atoms with Crippen molar-refractivity contribution in [1.29, 1.82) is 0 Å². The van der Waals surface area contributed by atoms with Crippen molar-refractivity contribution < 1.29 is 0 Å². The number of rotatable bonds is 3. The molecule has 0 saturated heterocycles. The van der Waals surface area contributed by atoms with E-state index in [0.29, 0.717) is 12.5 Å². The molecule has 0 saturated carbocycles. The van der Waals surface area contributed by atoms with Crippen LogP contribution in [0.4, 0.5) is 5.95 Å². The first kappa shape index (κ1) is 8.68. The van der Waals surface area contributed by atoms with Crippen LogP contribution in [0.25, 0.3) is 0 Å². The van der Waals surface area contributed by atoms with Crippen molar-refractivity contribution in [2.45, 2.75) is 13.5 Å². The monoisotopic (exact) mass is 189 g/mol. The average Bonchev–Trinajstić information content (AvgIpc) is 2.67. The van der Waals surface area contributed by atoms with Gasteiger partial charge in [0.25, 0.3) is 0 Å². The Morgan fingerprint density at radius 1 is 1.50 bits per heavy atom. The molecule has 2 heterocycles. The zero-order valence-electron chi connectivity index (χ0n) is 7.86. The summed E-state index contributed by atoms with van der Waals surface area (Å²) in [6.07, 6.45) is 5.34. The summed E-state index contributed by atoms with van der Waals surface area (Å²) >= 11 is 0. The SMILES string of the molecule is Cc1ccnc(NCc2cn[nH]c2)n1. The first-order chi connectivity index (χ1) is 6.84. The van der Waals surface area contributed by atoms with Crippen LogP contribution in [-0.2, 0) is 6.54 Å². The second kappa shape index (κ2) is 3.87. The zero-order valence-corrected chi connectivity index (χ0v) is 7.86. The van der Waals surface area contributed by atoms with E-state index in [9.17, 15) is 0 Å². The zero-order chi connectivity index (χ0) is 9.80. The number of hydrogen-bond acceptors (Lipinski definition) is 4. The Balaban J connectivity index is 1.98. The fourth-order valence-electron chi connectivity index (χ4n) is 1.09. The predicted molar refractivity (Wildman–Crippen MR) is 52.7 cm³/mol. The van der Waals surface area contributed by atoms with Gasteiger partial charge in [0.1, 0.15) is 0 Å². The maximum Gasteiger partial charge on any atom is 0.223 e. The van der Waals surface area contributed by atoms with E-state index in [-0.39, 0.29) is 0 Å². The molecule has 0 unspecified atom stereocenters. The molecule has 0 bridgehead atoms. The molecule has 2 N–H and O–H groups in total. The first-order valence-corrected chi connectivity index (χ1v) is 4.36. The van der Waals surface area contributed by atoms with Gasteiger partial charge in [0.2, 0.25) is 5.95 Å². The quantitative estimate of drug-likeness (QED) is 0.759. The molecule has 72 valence electrons. The summed E-state index contributed by atoms with van der Waals surface area (Å²) in [6, 6.07) is 1.86. The number of H-pyrrole nitrogens is 1. The van der Waals surface area contributed by atoms with Crippen LogP contribution in [0.5, 0.6) is 0 Å². The number of nitrogens with one attached hydrogen (secondary N) is 2. The van der Waals surface area contributed by atoms with Crippen molar-refractivity contribution in [3.8, 4) is 0 Å². The van der Waals surface area contributed by atoms with Crippen molar-refractivity contribution in [2.75, 3.05) is 5.32 Å². The van der Waals surface area contributed by atoms with E-state index in [1.165, 1.54) is 0 Å². The van der Waals surface area contributed by atoms with Crippen molar-refractivity contribution in [3.05, 3.63) is 35.9 Å². The highest BCUT2D eigenvalue weighted by Gasteiger charge is 1.96. The smallest absolute Gasteiger partial charge is 0.223 e. The van der Waals surface area contributed by atoms with Gasteiger partial charge in [-0.25, -0.2) is 9.97 Å². The van der Waals surface area contributed by atoms with Crippen molar-refractivity contribution in [1.82, 2.24) is 20.2 Å². The molecule has 0 aliphatic carbocycles. The minimum Gasteiger partial charge on any atom is -0.350 e. The molecule has 0 amide bonds. The van der Waals surface area contributed by atoms with Crippen molar-refractivity contribution in [3.63, 3.8) is 0 Å². The third kappa shape index (κ3) is 2.07. The van der Waals surface area contributed by atoms with Gasteiger partial charge in [-0.1, -0.05) is 0 Å². The molecule has 0 aromatic carbocycles. The Morgan fingerprint density at radius 2 is 2.43 bits per heavy atom. The van der Waals surface area contributed by atoms with E-state index in [4.69, 9.17) is 0 Å². The topological polar surface area (TPSA) is 66.5 Å². The second-order valence-electron chi connectivity index (χ2n) is 2.98. The highest BCUT2D eigenvalue weighted by molar-refractivity contribution is 5.26. The highest BCUT2D eigenvalue weighted by atomic mass is 15.1. The minimum absolute atomic E-state index is 0.645. The van der Waals surface area contributed by atoms with Gasteiger partial charge in [-0.2, -0.15) is 5.10 Å². The van der Waals surface area contributed by atoms with E-state index >= 15 is 0 Å². The fraction of sp³-hybridized carbons (Fsp3) is 0.222. The summed E-state index contributed by atoms with van der Waals surface area (Å²) in [7, 11) is 0. The van der Waals surface area contributed by atoms with E-state index in [1.54, 1.807) is 12.4 Å². The Bertz CT molecular complexity index is 395. The van der Waals surface area contributed by atoms with E-state index in [0.717, 1.165) is 11.3 Å². The Kier molecular flexibility index (Phi) is 2.40. The van der Waals surface area contributed by atoms with E-state index in [1.807, 2.05) is 19.2 Å². The Labute approximate surface area is 81.6 Å². The lowest BCUT2D eigenvalue weighted by Crippen LogP contribution is -2.03. The van der Waals surface area contributed by atoms with Crippen LogP contribution >= 0.6 is 0 Å². The second-order valence-corrected chi connectivity index (χ2v) is 2.98. The van der Waals surface area contributed by atoms with Crippen LogP contribution in [-0.4, -0.2) is 20.2 Å². The lowest BCUT2D eigenvalue weighted by atomic mass is 10.4. The molecule has 2 aromatic rings. The molecule has 14 heavy (non-hydrogen) atoms. The van der Waals surface area contributed by atoms with E-state index < -0.39 is 0 Å². The maximum absolute atomic E-state index is 4.22. The van der Waals surface area contributed by atoms with E-state index in [2.05, 4.69) is 25.5 Å². The molecular formula is C9H11N5. The third-order valence-electron chi connectivity index (χ3n) is 1.80. The Hall–Kier alpha value is -1.91. The van der Waals surface area contributed by atoms with Crippen LogP contribution < -0.4 is 5.32 Å². The number of aromatic amines is 1. The molecular weight excluding hydrogens is 178 g/mol. The van der Waals surface area contributed by atoms with Crippen LogP contribution in [0.2, 0.25) is 0 Å². The lowest BCUT2D eigenvalue weighted by Gasteiger charge is -2.02. The standard InChI is InChI=1S/C9H11N5/c1-7-2-3-10-9(14-7)11-4-8-5-12-13-6-8/h2-3,5-6H,4H2,1H3,(H,12,13)(H,10,11,14). The molecule has 0 atom stereocenters. The number of nitrogens with zero attached hydrogens (tertiary/aromatic N) is 3.